The van der Waals surface area contributed by atoms with Gasteiger partial charge in [0, 0.05) is 0 Å². The zero-order valence-corrected chi connectivity index (χ0v) is 14.1. The minimum atomic E-state index is -0.519. The van der Waals surface area contributed by atoms with Crippen LogP contribution in [-0.2, 0) is 11.3 Å². The second-order valence-electron chi connectivity index (χ2n) is 5.52. The lowest BCUT2D eigenvalue weighted by Gasteiger charge is -2.23. The number of rotatable bonds is 4. The van der Waals surface area contributed by atoms with Crippen molar-refractivity contribution in [3.63, 3.8) is 0 Å². The third-order valence-electron chi connectivity index (χ3n) is 3.80. The number of hydrazone groups is 1. The molecular formula is C16H17FN4O3S. The first-order valence-corrected chi connectivity index (χ1v) is 8.12. The van der Waals surface area contributed by atoms with E-state index in [1.807, 2.05) is 0 Å². The second kappa shape index (κ2) is 7.58. The average molecular weight is 364 g/mol. The molecule has 0 amide bonds. The number of nitrogens with zero attached hydrogens (tertiary/aromatic N) is 3. The van der Waals surface area contributed by atoms with E-state index in [0.29, 0.717) is 26.3 Å². The molecule has 1 fully saturated rings. The topological polar surface area (TPSA) is 82.8 Å². The summed E-state index contributed by atoms with van der Waals surface area (Å²) in [6, 6.07) is 5.82. The van der Waals surface area contributed by atoms with E-state index in [1.54, 1.807) is 17.1 Å². The van der Waals surface area contributed by atoms with Gasteiger partial charge < -0.3 is 9.84 Å². The van der Waals surface area contributed by atoms with Crippen LogP contribution in [0, 0.1) is 10.6 Å². The molecule has 132 valence electrons. The number of hydrogen-bond acceptors (Lipinski definition) is 6. The molecule has 0 saturated carbocycles. The van der Waals surface area contributed by atoms with E-state index < -0.39 is 5.56 Å². The highest BCUT2D eigenvalue weighted by Crippen LogP contribution is 2.15. The summed E-state index contributed by atoms with van der Waals surface area (Å²) in [5.41, 5.74) is 0.230. The Morgan fingerprint density at radius 1 is 1.32 bits per heavy atom. The Morgan fingerprint density at radius 2 is 2.00 bits per heavy atom. The summed E-state index contributed by atoms with van der Waals surface area (Å²) in [7, 11) is 0. The lowest BCUT2D eigenvalue weighted by molar-refractivity contribution is 0.0396. The van der Waals surface area contributed by atoms with E-state index in [4.69, 9.17) is 17.0 Å². The number of H-pyrrole nitrogens is 1. The van der Waals surface area contributed by atoms with Crippen molar-refractivity contribution in [2.24, 2.45) is 5.10 Å². The number of aromatic nitrogens is 2. The van der Waals surface area contributed by atoms with Crippen LogP contribution in [0.25, 0.3) is 0 Å². The highest BCUT2D eigenvalue weighted by atomic mass is 32.1. The summed E-state index contributed by atoms with van der Waals surface area (Å²) in [5.74, 6) is -0.633. The van der Waals surface area contributed by atoms with Gasteiger partial charge in [0.15, 0.2) is 4.77 Å². The van der Waals surface area contributed by atoms with E-state index >= 15 is 0 Å². The molecule has 1 aromatic heterocycles. The molecule has 0 aliphatic carbocycles. The predicted octanol–water partition coefficient (Wildman–Crippen LogP) is 1.46. The molecule has 3 rings (SSSR count). The number of hydrogen-bond donors (Lipinski definition) is 2. The van der Waals surface area contributed by atoms with Gasteiger partial charge in [0.05, 0.1) is 39.1 Å². The number of ether oxygens (including phenoxy) is 1. The SMILES string of the molecule is O=c1[nH]c(=S)n(Cc2ccc(F)cc2)c(O)c1C=NN1CCOCC1. The van der Waals surface area contributed by atoms with Crippen molar-refractivity contribution in [2.75, 3.05) is 26.3 Å². The van der Waals surface area contributed by atoms with E-state index in [-0.39, 0.29) is 28.6 Å². The Bertz CT molecular complexity index is 886. The fourth-order valence-corrected chi connectivity index (χ4v) is 2.66. The lowest BCUT2D eigenvalue weighted by atomic mass is 10.2. The van der Waals surface area contributed by atoms with Crippen LogP contribution in [0.4, 0.5) is 4.39 Å². The van der Waals surface area contributed by atoms with Gasteiger partial charge in [-0.1, -0.05) is 12.1 Å². The first kappa shape index (κ1) is 17.3. The van der Waals surface area contributed by atoms with Gasteiger partial charge in [0.2, 0.25) is 5.88 Å². The maximum atomic E-state index is 13.0. The summed E-state index contributed by atoms with van der Waals surface area (Å²) >= 11 is 5.12. The molecule has 1 aliphatic rings. The first-order valence-electron chi connectivity index (χ1n) is 7.72. The zero-order chi connectivity index (χ0) is 17.8. The molecule has 0 atom stereocenters. The van der Waals surface area contributed by atoms with Crippen molar-refractivity contribution in [2.45, 2.75) is 6.54 Å². The van der Waals surface area contributed by atoms with E-state index in [0.717, 1.165) is 5.56 Å². The largest absolute Gasteiger partial charge is 0.494 e. The quantitative estimate of drug-likeness (QED) is 0.634. The zero-order valence-electron chi connectivity index (χ0n) is 13.3. The van der Waals surface area contributed by atoms with Crippen LogP contribution in [0.15, 0.2) is 34.2 Å². The van der Waals surface area contributed by atoms with Crippen LogP contribution in [0.1, 0.15) is 11.1 Å². The fourth-order valence-electron chi connectivity index (χ4n) is 2.42. The van der Waals surface area contributed by atoms with Crippen molar-refractivity contribution in [3.05, 3.63) is 56.3 Å². The van der Waals surface area contributed by atoms with Gasteiger partial charge in [-0.3, -0.25) is 19.4 Å². The third kappa shape index (κ3) is 4.12. The van der Waals surface area contributed by atoms with Crippen molar-refractivity contribution in [1.82, 2.24) is 14.6 Å². The number of halogens is 1. The van der Waals surface area contributed by atoms with E-state index in [9.17, 15) is 14.3 Å². The number of nitrogens with one attached hydrogen (secondary N) is 1. The second-order valence-corrected chi connectivity index (χ2v) is 5.91. The molecule has 9 heteroatoms. The molecule has 0 unspecified atom stereocenters. The van der Waals surface area contributed by atoms with Crippen molar-refractivity contribution < 1.29 is 14.2 Å². The Labute approximate surface area is 148 Å². The van der Waals surface area contributed by atoms with Gasteiger partial charge in [0.1, 0.15) is 11.4 Å². The minimum Gasteiger partial charge on any atom is -0.494 e. The smallest absolute Gasteiger partial charge is 0.264 e. The normalized spacial score (nSPS) is 15.0. The standard InChI is InChI=1S/C16H17FN4O3S/c17-12-3-1-11(2-4-12)10-21-15(23)13(14(22)19-16(21)25)9-18-20-5-7-24-8-6-20/h1-4,9,23H,5-8,10H2,(H,19,22,25). The van der Waals surface area contributed by atoms with Gasteiger partial charge in [-0.15, -0.1) is 0 Å². The van der Waals surface area contributed by atoms with Crippen LogP contribution in [0.3, 0.4) is 0 Å². The Morgan fingerprint density at radius 3 is 2.68 bits per heavy atom. The van der Waals surface area contributed by atoms with E-state index in [1.165, 1.54) is 22.9 Å². The molecule has 2 heterocycles. The Hall–Kier alpha value is -2.52. The molecule has 2 aromatic rings. The maximum absolute atomic E-state index is 13.0. The molecule has 7 nitrogen and oxygen atoms in total. The van der Waals surface area contributed by atoms with Crippen LogP contribution >= 0.6 is 12.2 Å². The van der Waals surface area contributed by atoms with Gasteiger partial charge in [0.25, 0.3) is 5.56 Å². The monoisotopic (exact) mass is 364 g/mol. The van der Waals surface area contributed by atoms with E-state index in [2.05, 4.69) is 10.1 Å². The van der Waals surface area contributed by atoms with Crippen LogP contribution in [0.5, 0.6) is 5.88 Å². The van der Waals surface area contributed by atoms with Gasteiger partial charge in [-0.25, -0.2) is 4.39 Å². The van der Waals surface area contributed by atoms with Crippen molar-refractivity contribution >= 4 is 18.4 Å². The highest BCUT2D eigenvalue weighted by Gasteiger charge is 2.13. The van der Waals surface area contributed by atoms with Crippen LogP contribution in [0.2, 0.25) is 0 Å². The predicted molar refractivity (Wildman–Crippen MR) is 93.0 cm³/mol. The molecule has 1 saturated heterocycles. The van der Waals surface area contributed by atoms with Gasteiger partial charge >= 0.3 is 0 Å². The lowest BCUT2D eigenvalue weighted by Crippen LogP contribution is -2.32. The maximum Gasteiger partial charge on any atom is 0.264 e. The van der Waals surface area contributed by atoms with Gasteiger partial charge in [-0.05, 0) is 29.9 Å². The van der Waals surface area contributed by atoms with Crippen LogP contribution < -0.4 is 5.56 Å². The van der Waals surface area contributed by atoms with Crippen molar-refractivity contribution in [1.29, 1.82) is 0 Å². The number of aromatic amines is 1. The summed E-state index contributed by atoms with van der Waals surface area (Å²) in [6.45, 7) is 2.55. The molecule has 1 aromatic carbocycles. The van der Waals surface area contributed by atoms with Crippen LogP contribution in [-0.4, -0.2) is 52.2 Å². The summed E-state index contributed by atoms with van der Waals surface area (Å²) in [6.07, 6.45) is 1.31. The number of aromatic hydroxyl groups is 1. The molecule has 1 aliphatic heterocycles. The molecule has 0 bridgehead atoms. The average Bonchev–Trinajstić information content (AvgIpc) is 2.61. The summed E-state index contributed by atoms with van der Waals surface area (Å²) in [4.78, 5) is 14.6. The molecule has 25 heavy (non-hydrogen) atoms. The Balaban J connectivity index is 1.91. The number of benzene rings is 1. The highest BCUT2D eigenvalue weighted by molar-refractivity contribution is 7.71. The van der Waals surface area contributed by atoms with Gasteiger partial charge in [-0.2, -0.15) is 5.10 Å². The molecule has 2 N–H and O–H groups in total. The van der Waals surface area contributed by atoms with Crippen molar-refractivity contribution in [3.8, 4) is 5.88 Å². The molecule has 0 radical (unpaired) electrons. The molecule has 0 spiro atoms. The first-order chi connectivity index (χ1) is 12.0. The minimum absolute atomic E-state index is 0.0159. The molecular weight excluding hydrogens is 347 g/mol. The third-order valence-corrected chi connectivity index (χ3v) is 4.12. The summed E-state index contributed by atoms with van der Waals surface area (Å²) in [5, 5.41) is 16.4. The summed E-state index contributed by atoms with van der Waals surface area (Å²) < 4.78 is 19.7. The Kier molecular flexibility index (Phi) is 5.25. The number of morpholine rings is 1. The fraction of sp³-hybridized carbons (Fsp3) is 0.312.